The molecular formula is C23H28N3+. The second kappa shape index (κ2) is 7.79. The number of quaternary nitrogens is 1. The summed E-state index contributed by atoms with van der Waals surface area (Å²) >= 11 is 0. The van der Waals surface area contributed by atoms with Gasteiger partial charge in [0.1, 0.15) is 6.54 Å². The minimum atomic E-state index is 0.936. The summed E-state index contributed by atoms with van der Waals surface area (Å²) in [5.41, 5.74) is 6.40. The molecule has 3 nitrogen and oxygen atoms in total. The molecule has 26 heavy (non-hydrogen) atoms. The Bertz CT molecular complexity index is 918. The quantitative estimate of drug-likeness (QED) is 0.537. The Morgan fingerprint density at radius 3 is 2.73 bits per heavy atom. The van der Waals surface area contributed by atoms with E-state index in [1.54, 1.807) is 0 Å². The summed E-state index contributed by atoms with van der Waals surface area (Å²) in [7, 11) is 2.24. The number of hydrogen-bond donors (Lipinski definition) is 0. The molecule has 3 rings (SSSR count). The van der Waals surface area contributed by atoms with Crippen LogP contribution in [0, 0.1) is 0 Å². The smallest absolute Gasteiger partial charge is 0.102 e. The van der Waals surface area contributed by atoms with E-state index in [1.807, 2.05) is 13.1 Å². The van der Waals surface area contributed by atoms with E-state index in [0.29, 0.717) is 0 Å². The molecule has 2 aromatic rings. The van der Waals surface area contributed by atoms with Crippen LogP contribution in [0.1, 0.15) is 38.4 Å². The van der Waals surface area contributed by atoms with Gasteiger partial charge in [-0.15, -0.1) is 0 Å². The molecule has 0 bridgehead atoms. The average molecular weight is 346 g/mol. The second-order valence-electron chi connectivity index (χ2n) is 6.98. The van der Waals surface area contributed by atoms with Crippen molar-refractivity contribution in [1.82, 2.24) is 9.97 Å². The van der Waals surface area contributed by atoms with Crippen molar-refractivity contribution in [3.63, 3.8) is 0 Å². The van der Waals surface area contributed by atoms with Crippen LogP contribution in [0.25, 0.3) is 22.2 Å². The van der Waals surface area contributed by atoms with Crippen LogP contribution in [0.3, 0.4) is 0 Å². The summed E-state index contributed by atoms with van der Waals surface area (Å²) in [5, 5.41) is 0. The van der Waals surface area contributed by atoms with Gasteiger partial charge in [-0.3, -0.25) is 9.47 Å². The standard InChI is InChI=1S/C23H28N3/c1-5-8-18(9-6-2)20-10-11-21-22(16-20)24-17-23(25-21)19-12-14-26(4,7-3)15-13-19/h5,8-14,16-17H,6-7,15H2,1-4H3/q+1/b8-5-,18-9+. The van der Waals surface area contributed by atoms with Gasteiger partial charge in [-0.1, -0.05) is 31.2 Å². The van der Waals surface area contributed by atoms with Crippen molar-refractivity contribution in [3.8, 4) is 0 Å². The molecule has 1 aromatic heterocycles. The minimum Gasteiger partial charge on any atom is -0.297 e. The molecule has 1 aromatic carbocycles. The fraction of sp³-hybridized carbons (Fsp3) is 0.304. The first kappa shape index (κ1) is 18.3. The maximum Gasteiger partial charge on any atom is 0.102 e. The van der Waals surface area contributed by atoms with E-state index in [-0.39, 0.29) is 0 Å². The van der Waals surface area contributed by atoms with Gasteiger partial charge in [0, 0.05) is 11.6 Å². The van der Waals surface area contributed by atoms with Gasteiger partial charge in [-0.25, -0.2) is 4.98 Å². The molecule has 0 saturated carbocycles. The fourth-order valence-corrected chi connectivity index (χ4v) is 3.13. The van der Waals surface area contributed by atoms with Crippen molar-refractivity contribution < 1.29 is 4.48 Å². The third-order valence-corrected chi connectivity index (χ3v) is 5.01. The van der Waals surface area contributed by atoms with Crippen molar-refractivity contribution in [2.75, 3.05) is 20.1 Å². The number of hydrogen-bond acceptors (Lipinski definition) is 2. The molecular weight excluding hydrogens is 318 g/mol. The summed E-state index contributed by atoms with van der Waals surface area (Å²) in [6.45, 7) is 8.50. The van der Waals surface area contributed by atoms with Gasteiger partial charge in [0.25, 0.3) is 0 Å². The SMILES string of the molecule is C/C=C\C(=C/CC)c1ccc2nc(C3=CC[N+](C)(CC)C=C3)cnc2c1. The first-order valence-corrected chi connectivity index (χ1v) is 9.42. The van der Waals surface area contributed by atoms with E-state index in [1.165, 1.54) is 11.1 Å². The number of likely N-dealkylation sites (N-methyl/N-ethyl adjacent to an activating group) is 1. The maximum absolute atomic E-state index is 4.84. The van der Waals surface area contributed by atoms with Gasteiger partial charge in [-0.2, -0.15) is 0 Å². The van der Waals surface area contributed by atoms with E-state index in [4.69, 9.17) is 4.98 Å². The Balaban J connectivity index is 1.93. The van der Waals surface area contributed by atoms with E-state index in [0.717, 1.165) is 46.3 Å². The molecule has 0 spiro atoms. The Kier molecular flexibility index (Phi) is 5.48. The second-order valence-corrected chi connectivity index (χ2v) is 6.98. The number of nitrogens with zero attached hydrogens (tertiary/aromatic N) is 3. The maximum atomic E-state index is 4.84. The normalized spacial score (nSPS) is 20.8. The minimum absolute atomic E-state index is 0.936. The monoisotopic (exact) mass is 346 g/mol. The number of allylic oxidation sites excluding steroid dienone is 6. The van der Waals surface area contributed by atoms with E-state index < -0.39 is 0 Å². The lowest BCUT2D eigenvalue weighted by Crippen LogP contribution is -2.39. The molecule has 3 heteroatoms. The van der Waals surface area contributed by atoms with E-state index >= 15 is 0 Å². The van der Waals surface area contributed by atoms with Crippen LogP contribution in [0.15, 0.2) is 61.0 Å². The van der Waals surface area contributed by atoms with Crippen LogP contribution >= 0.6 is 0 Å². The van der Waals surface area contributed by atoms with Crippen LogP contribution in [-0.4, -0.2) is 34.6 Å². The third-order valence-electron chi connectivity index (χ3n) is 5.01. The van der Waals surface area contributed by atoms with Crippen LogP contribution in [-0.2, 0) is 0 Å². The first-order chi connectivity index (χ1) is 12.6. The molecule has 0 N–H and O–H groups in total. The highest BCUT2D eigenvalue weighted by Crippen LogP contribution is 2.24. The topological polar surface area (TPSA) is 25.8 Å². The Hall–Kier alpha value is -2.52. The van der Waals surface area contributed by atoms with Crippen molar-refractivity contribution in [3.05, 3.63) is 72.2 Å². The molecule has 0 saturated heterocycles. The molecule has 0 aliphatic carbocycles. The zero-order chi connectivity index (χ0) is 18.6. The molecule has 1 aliphatic heterocycles. The zero-order valence-electron chi connectivity index (χ0n) is 16.2. The van der Waals surface area contributed by atoms with Gasteiger partial charge in [0.2, 0.25) is 0 Å². The molecule has 134 valence electrons. The average Bonchev–Trinajstić information content (AvgIpc) is 2.67. The summed E-state index contributed by atoms with van der Waals surface area (Å²) in [5.74, 6) is 0. The first-order valence-electron chi connectivity index (χ1n) is 9.42. The van der Waals surface area contributed by atoms with Gasteiger partial charge >= 0.3 is 0 Å². The third kappa shape index (κ3) is 3.83. The molecule has 1 atom stereocenters. The van der Waals surface area contributed by atoms with E-state index in [2.05, 4.69) is 80.7 Å². The molecule has 0 fully saturated rings. The predicted molar refractivity (Wildman–Crippen MR) is 111 cm³/mol. The largest absolute Gasteiger partial charge is 0.297 e. The van der Waals surface area contributed by atoms with Gasteiger partial charge in [0.05, 0.1) is 42.7 Å². The summed E-state index contributed by atoms with van der Waals surface area (Å²) in [4.78, 5) is 9.52. The van der Waals surface area contributed by atoms with Crippen LogP contribution in [0.5, 0.6) is 0 Å². The zero-order valence-corrected chi connectivity index (χ0v) is 16.2. The molecule has 0 radical (unpaired) electrons. The summed E-state index contributed by atoms with van der Waals surface area (Å²) in [6.07, 6.45) is 16.1. The highest BCUT2D eigenvalue weighted by Gasteiger charge is 2.19. The highest BCUT2D eigenvalue weighted by molar-refractivity contribution is 5.84. The number of aromatic nitrogens is 2. The van der Waals surface area contributed by atoms with Crippen molar-refractivity contribution in [2.24, 2.45) is 0 Å². The summed E-state index contributed by atoms with van der Waals surface area (Å²) < 4.78 is 0.936. The Morgan fingerprint density at radius 2 is 2.08 bits per heavy atom. The van der Waals surface area contributed by atoms with Gasteiger partial charge in [-0.05, 0) is 49.6 Å². The molecule has 0 amide bonds. The molecule has 1 aliphatic rings. The van der Waals surface area contributed by atoms with Gasteiger partial charge in [0.15, 0.2) is 0 Å². The van der Waals surface area contributed by atoms with Crippen LogP contribution in [0.2, 0.25) is 0 Å². The number of benzene rings is 1. The predicted octanol–water partition coefficient (Wildman–Crippen LogP) is 5.38. The molecule has 2 heterocycles. The highest BCUT2D eigenvalue weighted by atomic mass is 15.3. The summed E-state index contributed by atoms with van der Waals surface area (Å²) in [6, 6.07) is 6.34. The Labute approximate surface area is 156 Å². The van der Waals surface area contributed by atoms with Crippen molar-refractivity contribution >= 4 is 22.2 Å². The van der Waals surface area contributed by atoms with Crippen molar-refractivity contribution in [2.45, 2.75) is 27.2 Å². The lowest BCUT2D eigenvalue weighted by Gasteiger charge is -2.30. The number of rotatable bonds is 5. The Morgan fingerprint density at radius 1 is 1.23 bits per heavy atom. The van der Waals surface area contributed by atoms with Crippen LogP contribution < -0.4 is 0 Å². The van der Waals surface area contributed by atoms with Gasteiger partial charge < -0.3 is 0 Å². The van der Waals surface area contributed by atoms with Crippen molar-refractivity contribution in [1.29, 1.82) is 0 Å². The molecule has 1 unspecified atom stereocenters. The van der Waals surface area contributed by atoms with Crippen LogP contribution in [0.4, 0.5) is 0 Å². The van der Waals surface area contributed by atoms with E-state index in [9.17, 15) is 0 Å². The number of fused-ring (bicyclic) bond motifs is 1. The lowest BCUT2D eigenvalue weighted by molar-refractivity contribution is -0.852. The lowest BCUT2D eigenvalue weighted by atomic mass is 10.0. The fourth-order valence-electron chi connectivity index (χ4n) is 3.13.